The normalized spacial score (nSPS) is 13.4. The fourth-order valence-electron chi connectivity index (χ4n) is 2.95. The summed E-state index contributed by atoms with van der Waals surface area (Å²) in [6, 6.07) is 29.1. The maximum atomic E-state index is 4.34. The van der Waals surface area contributed by atoms with Gasteiger partial charge in [0, 0.05) is 11.4 Å². The molecule has 1 heterocycles. The monoisotopic (exact) mass is 284 g/mol. The average molecular weight is 284 g/mol. The SMILES string of the molecule is C=C1N(c2ccccc2)c2ccccc2N1c1ccccc1. The molecule has 0 aliphatic carbocycles. The molecule has 2 nitrogen and oxygen atoms in total. The number of fused-ring (bicyclic) bond motifs is 1. The molecule has 0 bridgehead atoms. The molecule has 1 aliphatic rings. The molecule has 3 aromatic carbocycles. The van der Waals surface area contributed by atoms with Crippen LogP contribution >= 0.6 is 0 Å². The largest absolute Gasteiger partial charge is 0.295 e. The molecule has 0 atom stereocenters. The first-order valence-corrected chi connectivity index (χ1v) is 7.34. The molecule has 22 heavy (non-hydrogen) atoms. The second-order valence-corrected chi connectivity index (χ2v) is 5.25. The zero-order valence-electron chi connectivity index (χ0n) is 12.2. The summed E-state index contributed by atoms with van der Waals surface area (Å²) in [6.07, 6.45) is 0. The van der Waals surface area contributed by atoms with Gasteiger partial charge in [0.2, 0.25) is 0 Å². The van der Waals surface area contributed by atoms with Gasteiger partial charge in [-0.1, -0.05) is 55.1 Å². The Morgan fingerprint density at radius 2 is 0.864 bits per heavy atom. The molecule has 106 valence electrons. The third-order valence-electron chi connectivity index (χ3n) is 3.91. The van der Waals surface area contributed by atoms with Gasteiger partial charge in [0.25, 0.3) is 0 Å². The molecule has 2 heteroatoms. The zero-order valence-corrected chi connectivity index (χ0v) is 12.2. The lowest BCUT2D eigenvalue weighted by Crippen LogP contribution is -2.20. The summed E-state index contributed by atoms with van der Waals surface area (Å²) in [6.45, 7) is 4.34. The van der Waals surface area contributed by atoms with Gasteiger partial charge in [0.05, 0.1) is 11.4 Å². The molecular formula is C20H16N2. The van der Waals surface area contributed by atoms with Crippen molar-refractivity contribution in [3.8, 4) is 0 Å². The molecular weight excluding hydrogens is 268 g/mol. The van der Waals surface area contributed by atoms with E-state index in [2.05, 4.69) is 89.2 Å². The van der Waals surface area contributed by atoms with E-state index in [4.69, 9.17) is 0 Å². The predicted molar refractivity (Wildman–Crippen MR) is 92.7 cm³/mol. The molecule has 3 aromatic rings. The average Bonchev–Trinajstić information content (AvgIpc) is 2.88. The van der Waals surface area contributed by atoms with Crippen LogP contribution in [0.5, 0.6) is 0 Å². The Morgan fingerprint density at radius 3 is 1.27 bits per heavy atom. The van der Waals surface area contributed by atoms with Gasteiger partial charge in [-0.05, 0) is 36.4 Å². The minimum atomic E-state index is 0.943. The lowest BCUT2D eigenvalue weighted by Gasteiger charge is -2.24. The Morgan fingerprint density at radius 1 is 0.500 bits per heavy atom. The van der Waals surface area contributed by atoms with E-state index < -0.39 is 0 Å². The second-order valence-electron chi connectivity index (χ2n) is 5.25. The van der Waals surface area contributed by atoms with Crippen LogP contribution in [-0.4, -0.2) is 0 Å². The van der Waals surface area contributed by atoms with E-state index in [9.17, 15) is 0 Å². The summed E-state index contributed by atoms with van der Waals surface area (Å²) in [7, 11) is 0. The van der Waals surface area contributed by atoms with Crippen molar-refractivity contribution in [2.24, 2.45) is 0 Å². The van der Waals surface area contributed by atoms with Gasteiger partial charge in [-0.2, -0.15) is 0 Å². The van der Waals surface area contributed by atoms with E-state index >= 15 is 0 Å². The van der Waals surface area contributed by atoms with E-state index in [0.717, 1.165) is 28.6 Å². The molecule has 0 saturated heterocycles. The van der Waals surface area contributed by atoms with Crippen LogP contribution in [0.2, 0.25) is 0 Å². The molecule has 4 rings (SSSR count). The van der Waals surface area contributed by atoms with Gasteiger partial charge in [-0.25, -0.2) is 0 Å². The van der Waals surface area contributed by atoms with Crippen LogP contribution in [0.3, 0.4) is 0 Å². The number of hydrogen-bond donors (Lipinski definition) is 0. The van der Waals surface area contributed by atoms with Gasteiger partial charge >= 0.3 is 0 Å². The van der Waals surface area contributed by atoms with Crippen molar-refractivity contribution in [1.82, 2.24) is 0 Å². The van der Waals surface area contributed by atoms with Crippen molar-refractivity contribution in [2.45, 2.75) is 0 Å². The van der Waals surface area contributed by atoms with Crippen LogP contribution in [0.1, 0.15) is 0 Å². The maximum absolute atomic E-state index is 4.34. The van der Waals surface area contributed by atoms with E-state index in [1.165, 1.54) is 0 Å². The molecule has 0 N–H and O–H groups in total. The van der Waals surface area contributed by atoms with Crippen molar-refractivity contribution < 1.29 is 0 Å². The van der Waals surface area contributed by atoms with Crippen LogP contribution < -0.4 is 9.80 Å². The number of benzene rings is 3. The lowest BCUT2D eigenvalue weighted by atomic mass is 10.2. The number of nitrogens with zero attached hydrogens (tertiary/aromatic N) is 2. The van der Waals surface area contributed by atoms with Gasteiger partial charge in [0.15, 0.2) is 0 Å². The third-order valence-corrected chi connectivity index (χ3v) is 3.91. The molecule has 0 amide bonds. The molecule has 0 radical (unpaired) electrons. The summed E-state index contributed by atoms with van der Waals surface area (Å²) >= 11 is 0. The Hall–Kier alpha value is -3.00. The quantitative estimate of drug-likeness (QED) is 0.617. The fraction of sp³-hybridized carbons (Fsp3) is 0. The second kappa shape index (κ2) is 5.08. The number of para-hydroxylation sites is 4. The molecule has 1 aliphatic heterocycles. The molecule has 0 aromatic heterocycles. The van der Waals surface area contributed by atoms with Crippen LogP contribution in [-0.2, 0) is 0 Å². The summed E-state index contributed by atoms with van der Waals surface area (Å²) in [5, 5.41) is 0. The first-order chi connectivity index (χ1) is 10.9. The molecule has 0 unspecified atom stereocenters. The molecule has 0 fully saturated rings. The fourth-order valence-corrected chi connectivity index (χ4v) is 2.95. The van der Waals surface area contributed by atoms with Crippen molar-refractivity contribution in [3.63, 3.8) is 0 Å². The van der Waals surface area contributed by atoms with E-state index in [1.807, 2.05) is 12.1 Å². The third kappa shape index (κ3) is 1.89. The molecule has 0 spiro atoms. The summed E-state index contributed by atoms with van der Waals surface area (Å²) < 4.78 is 0. The van der Waals surface area contributed by atoms with E-state index in [1.54, 1.807) is 0 Å². The highest BCUT2D eigenvalue weighted by molar-refractivity contribution is 5.92. The van der Waals surface area contributed by atoms with Crippen LogP contribution in [0.15, 0.2) is 97.3 Å². The number of hydrogen-bond acceptors (Lipinski definition) is 2. The highest BCUT2D eigenvalue weighted by Crippen LogP contribution is 2.48. The Labute approximate surface area is 130 Å². The van der Waals surface area contributed by atoms with Crippen LogP contribution in [0, 0.1) is 0 Å². The predicted octanol–water partition coefficient (Wildman–Crippen LogP) is 5.45. The van der Waals surface area contributed by atoms with Crippen LogP contribution in [0.25, 0.3) is 0 Å². The number of anilines is 4. The first-order valence-electron chi connectivity index (χ1n) is 7.34. The topological polar surface area (TPSA) is 6.48 Å². The lowest BCUT2D eigenvalue weighted by molar-refractivity contribution is 1.14. The van der Waals surface area contributed by atoms with Gasteiger partial charge in [-0.3, -0.25) is 9.80 Å². The van der Waals surface area contributed by atoms with Gasteiger partial charge < -0.3 is 0 Å². The highest BCUT2D eigenvalue weighted by Gasteiger charge is 2.31. The minimum absolute atomic E-state index is 0.943. The van der Waals surface area contributed by atoms with Crippen molar-refractivity contribution in [2.75, 3.05) is 9.80 Å². The van der Waals surface area contributed by atoms with Crippen LogP contribution in [0.4, 0.5) is 22.7 Å². The standard InChI is InChI=1S/C20H16N2/c1-16-21(17-10-4-2-5-11-17)19-14-8-9-15-20(19)22(16)18-12-6-3-7-13-18/h2-15H,1H2. The van der Waals surface area contributed by atoms with E-state index in [0.29, 0.717) is 0 Å². The maximum Gasteiger partial charge on any atom is 0.115 e. The first kappa shape index (κ1) is 12.7. The summed E-state index contributed by atoms with van der Waals surface area (Å²) in [5.41, 5.74) is 4.56. The zero-order chi connectivity index (χ0) is 14.9. The Kier molecular flexibility index (Phi) is 2.94. The Balaban J connectivity index is 1.89. The molecule has 0 saturated carbocycles. The smallest absolute Gasteiger partial charge is 0.115 e. The summed E-state index contributed by atoms with van der Waals surface area (Å²) in [5.74, 6) is 0.943. The number of rotatable bonds is 2. The van der Waals surface area contributed by atoms with Gasteiger partial charge in [0.1, 0.15) is 5.82 Å². The summed E-state index contributed by atoms with van der Waals surface area (Å²) in [4.78, 5) is 4.39. The highest BCUT2D eigenvalue weighted by atomic mass is 15.4. The van der Waals surface area contributed by atoms with Crippen molar-refractivity contribution >= 4 is 22.7 Å². The minimum Gasteiger partial charge on any atom is -0.295 e. The van der Waals surface area contributed by atoms with Gasteiger partial charge in [-0.15, -0.1) is 0 Å². The van der Waals surface area contributed by atoms with Crippen molar-refractivity contribution in [3.05, 3.63) is 97.3 Å². The van der Waals surface area contributed by atoms with Crippen molar-refractivity contribution in [1.29, 1.82) is 0 Å². The Bertz CT molecular complexity index is 741. The van der Waals surface area contributed by atoms with E-state index in [-0.39, 0.29) is 0 Å².